The van der Waals surface area contributed by atoms with E-state index >= 15 is 0 Å². The molecule has 0 saturated carbocycles. The van der Waals surface area contributed by atoms with Crippen LogP contribution in [-0.4, -0.2) is 33.9 Å². The Kier molecular flexibility index (Phi) is 4.03. The summed E-state index contributed by atoms with van der Waals surface area (Å²) < 4.78 is 1.81. The topological polar surface area (TPSA) is 59.8 Å². The van der Waals surface area contributed by atoms with Gasteiger partial charge in [0.25, 0.3) is 0 Å². The van der Waals surface area contributed by atoms with E-state index < -0.39 is 0 Å². The number of aromatic nitrogens is 3. The molecule has 1 aliphatic heterocycles. The average Bonchev–Trinajstić information content (AvgIpc) is 3.00. The van der Waals surface area contributed by atoms with Gasteiger partial charge in [0.2, 0.25) is 5.78 Å². The SMILES string of the molecule is Cc1ccc(C(=O)c2cn(C3CCNCC3)nn2)cc1Cl. The van der Waals surface area contributed by atoms with Crippen molar-refractivity contribution in [3.63, 3.8) is 0 Å². The summed E-state index contributed by atoms with van der Waals surface area (Å²) in [4.78, 5) is 12.4. The van der Waals surface area contributed by atoms with Crippen molar-refractivity contribution in [3.8, 4) is 0 Å². The number of halogens is 1. The van der Waals surface area contributed by atoms with Gasteiger partial charge >= 0.3 is 0 Å². The first kappa shape index (κ1) is 14.2. The smallest absolute Gasteiger partial charge is 0.214 e. The van der Waals surface area contributed by atoms with Crippen LogP contribution in [0, 0.1) is 6.92 Å². The largest absolute Gasteiger partial charge is 0.317 e. The average molecular weight is 305 g/mol. The molecular formula is C15H17ClN4O. The van der Waals surface area contributed by atoms with E-state index in [1.807, 2.05) is 17.7 Å². The molecule has 0 radical (unpaired) electrons. The van der Waals surface area contributed by atoms with Gasteiger partial charge in [-0.05, 0) is 44.5 Å². The maximum Gasteiger partial charge on any atom is 0.214 e. The van der Waals surface area contributed by atoms with Crippen molar-refractivity contribution >= 4 is 17.4 Å². The Morgan fingerprint density at radius 2 is 2.14 bits per heavy atom. The highest BCUT2D eigenvalue weighted by atomic mass is 35.5. The van der Waals surface area contributed by atoms with Crippen molar-refractivity contribution in [2.45, 2.75) is 25.8 Å². The number of aryl methyl sites for hydroxylation is 1. The van der Waals surface area contributed by atoms with Crippen LogP contribution >= 0.6 is 11.6 Å². The molecule has 1 aliphatic rings. The molecular weight excluding hydrogens is 288 g/mol. The lowest BCUT2D eigenvalue weighted by Gasteiger charge is -2.22. The standard InChI is InChI=1S/C15H17ClN4O/c1-10-2-3-11(8-13(10)16)15(21)14-9-20(19-18-14)12-4-6-17-7-5-12/h2-3,8-9,12,17H,4-7H2,1H3. The van der Waals surface area contributed by atoms with Crippen molar-refractivity contribution < 1.29 is 4.79 Å². The van der Waals surface area contributed by atoms with Crippen molar-refractivity contribution in [1.82, 2.24) is 20.3 Å². The minimum atomic E-state index is -0.142. The van der Waals surface area contributed by atoms with Crippen LogP contribution in [0.25, 0.3) is 0 Å². The molecule has 2 heterocycles. The number of piperidine rings is 1. The van der Waals surface area contributed by atoms with Crippen molar-refractivity contribution in [1.29, 1.82) is 0 Å². The van der Waals surface area contributed by atoms with Crippen LogP contribution in [0.3, 0.4) is 0 Å². The predicted octanol–water partition coefficient (Wildman–Crippen LogP) is 2.40. The normalized spacial score (nSPS) is 16.1. The molecule has 5 nitrogen and oxygen atoms in total. The Morgan fingerprint density at radius 1 is 1.38 bits per heavy atom. The number of rotatable bonds is 3. The summed E-state index contributed by atoms with van der Waals surface area (Å²) in [7, 11) is 0. The molecule has 1 aromatic heterocycles. The number of carbonyl (C=O) groups excluding carboxylic acids is 1. The number of benzene rings is 1. The van der Waals surface area contributed by atoms with Crippen LogP contribution in [-0.2, 0) is 0 Å². The molecule has 1 saturated heterocycles. The summed E-state index contributed by atoms with van der Waals surface area (Å²) in [6.07, 6.45) is 3.76. The van der Waals surface area contributed by atoms with E-state index in [9.17, 15) is 4.79 Å². The monoisotopic (exact) mass is 304 g/mol. The number of hydrogen-bond acceptors (Lipinski definition) is 4. The summed E-state index contributed by atoms with van der Waals surface area (Å²) in [5, 5.41) is 12.0. The summed E-state index contributed by atoms with van der Waals surface area (Å²) in [6, 6.07) is 5.62. The predicted molar refractivity (Wildman–Crippen MR) is 80.8 cm³/mol. The number of nitrogens with zero attached hydrogens (tertiary/aromatic N) is 3. The molecule has 0 amide bonds. The lowest BCUT2D eigenvalue weighted by atomic mass is 10.1. The van der Waals surface area contributed by atoms with Crippen LogP contribution in [0.4, 0.5) is 0 Å². The molecule has 1 N–H and O–H groups in total. The quantitative estimate of drug-likeness (QED) is 0.885. The number of nitrogens with one attached hydrogen (secondary N) is 1. The number of ketones is 1. The Morgan fingerprint density at radius 3 is 2.86 bits per heavy atom. The zero-order valence-electron chi connectivity index (χ0n) is 11.8. The van der Waals surface area contributed by atoms with E-state index in [1.54, 1.807) is 18.3 Å². The molecule has 0 aliphatic carbocycles. The highest BCUT2D eigenvalue weighted by Crippen LogP contribution is 2.20. The minimum absolute atomic E-state index is 0.142. The van der Waals surface area contributed by atoms with Gasteiger partial charge in [0.05, 0.1) is 12.2 Å². The van der Waals surface area contributed by atoms with Gasteiger partial charge in [-0.1, -0.05) is 28.9 Å². The van der Waals surface area contributed by atoms with Gasteiger partial charge in [-0.3, -0.25) is 4.79 Å². The van der Waals surface area contributed by atoms with Gasteiger partial charge < -0.3 is 5.32 Å². The molecule has 0 bridgehead atoms. The molecule has 0 unspecified atom stereocenters. The Hall–Kier alpha value is -1.72. The fourth-order valence-electron chi connectivity index (χ4n) is 2.51. The third-order valence-corrected chi connectivity index (χ3v) is 4.27. The van der Waals surface area contributed by atoms with Crippen molar-refractivity contribution in [3.05, 3.63) is 46.2 Å². The zero-order chi connectivity index (χ0) is 14.8. The molecule has 0 atom stereocenters. The minimum Gasteiger partial charge on any atom is -0.317 e. The fraction of sp³-hybridized carbons (Fsp3) is 0.400. The molecule has 3 rings (SSSR count). The molecule has 1 fully saturated rings. The summed E-state index contributed by atoms with van der Waals surface area (Å²) in [5.41, 5.74) is 1.86. The third kappa shape index (κ3) is 2.99. The van der Waals surface area contributed by atoms with Crippen molar-refractivity contribution in [2.75, 3.05) is 13.1 Å². The van der Waals surface area contributed by atoms with E-state index in [-0.39, 0.29) is 5.78 Å². The maximum atomic E-state index is 12.4. The maximum absolute atomic E-state index is 12.4. The zero-order valence-corrected chi connectivity index (χ0v) is 12.6. The Labute approximate surface area is 128 Å². The van der Waals surface area contributed by atoms with E-state index in [0.717, 1.165) is 31.5 Å². The highest BCUT2D eigenvalue weighted by molar-refractivity contribution is 6.31. The first-order chi connectivity index (χ1) is 10.1. The second-order valence-electron chi connectivity index (χ2n) is 5.36. The molecule has 0 spiro atoms. The molecule has 2 aromatic rings. The van der Waals surface area contributed by atoms with E-state index in [0.29, 0.717) is 22.3 Å². The van der Waals surface area contributed by atoms with Gasteiger partial charge in [0.15, 0.2) is 5.69 Å². The van der Waals surface area contributed by atoms with E-state index in [1.165, 1.54) is 0 Å². The second kappa shape index (κ2) is 5.95. The molecule has 21 heavy (non-hydrogen) atoms. The summed E-state index contributed by atoms with van der Waals surface area (Å²) in [5.74, 6) is -0.142. The highest BCUT2D eigenvalue weighted by Gasteiger charge is 2.19. The van der Waals surface area contributed by atoms with Crippen LogP contribution in [0.15, 0.2) is 24.4 Å². The fourth-order valence-corrected chi connectivity index (χ4v) is 2.69. The molecule has 110 valence electrons. The van der Waals surface area contributed by atoms with E-state index in [4.69, 9.17) is 11.6 Å². The molecule has 6 heteroatoms. The second-order valence-corrected chi connectivity index (χ2v) is 5.77. The Bertz CT molecular complexity index is 661. The first-order valence-corrected chi connectivity index (χ1v) is 7.46. The van der Waals surface area contributed by atoms with Crippen molar-refractivity contribution in [2.24, 2.45) is 0 Å². The van der Waals surface area contributed by atoms with E-state index in [2.05, 4.69) is 15.6 Å². The third-order valence-electron chi connectivity index (χ3n) is 3.86. The van der Waals surface area contributed by atoms with Crippen LogP contribution in [0.2, 0.25) is 5.02 Å². The lowest BCUT2D eigenvalue weighted by molar-refractivity contribution is 0.103. The van der Waals surface area contributed by atoms with Crippen LogP contribution in [0.1, 0.15) is 40.5 Å². The first-order valence-electron chi connectivity index (χ1n) is 7.08. The number of hydrogen-bond donors (Lipinski definition) is 1. The van der Waals surface area contributed by atoms with Gasteiger partial charge in [0, 0.05) is 10.6 Å². The van der Waals surface area contributed by atoms with Crippen LogP contribution < -0.4 is 5.32 Å². The molecule has 1 aromatic carbocycles. The van der Waals surface area contributed by atoms with Gasteiger partial charge in [-0.25, -0.2) is 4.68 Å². The lowest BCUT2D eigenvalue weighted by Crippen LogP contribution is -2.29. The summed E-state index contributed by atoms with van der Waals surface area (Å²) in [6.45, 7) is 3.85. The number of carbonyl (C=O) groups is 1. The van der Waals surface area contributed by atoms with Crippen LogP contribution in [0.5, 0.6) is 0 Å². The summed E-state index contributed by atoms with van der Waals surface area (Å²) >= 11 is 6.07. The van der Waals surface area contributed by atoms with Gasteiger partial charge in [0.1, 0.15) is 0 Å². The van der Waals surface area contributed by atoms with Gasteiger partial charge in [-0.15, -0.1) is 5.10 Å². The van der Waals surface area contributed by atoms with Gasteiger partial charge in [-0.2, -0.15) is 0 Å². The Balaban J connectivity index is 1.81.